The summed E-state index contributed by atoms with van der Waals surface area (Å²) in [5.41, 5.74) is 11.2. The summed E-state index contributed by atoms with van der Waals surface area (Å²) in [5, 5.41) is 0. The van der Waals surface area contributed by atoms with Gasteiger partial charge < -0.3 is 5.73 Å². The lowest BCUT2D eigenvalue weighted by atomic mass is 10.2. The summed E-state index contributed by atoms with van der Waals surface area (Å²) in [4.78, 5) is 20.0. The van der Waals surface area contributed by atoms with Gasteiger partial charge in [0.1, 0.15) is 0 Å². The van der Waals surface area contributed by atoms with Crippen molar-refractivity contribution in [1.29, 1.82) is 0 Å². The van der Waals surface area contributed by atoms with Gasteiger partial charge in [-0.15, -0.1) is 12.4 Å². The molecule has 5 heteroatoms. The minimum Gasteiger partial charge on any atom is -0.370 e. The van der Waals surface area contributed by atoms with E-state index in [-0.39, 0.29) is 25.2 Å². The van der Waals surface area contributed by atoms with Crippen molar-refractivity contribution in [2.75, 3.05) is 0 Å². The molecule has 0 bridgehead atoms. The second kappa shape index (κ2) is 6.35. The van der Waals surface area contributed by atoms with Crippen LogP contribution in [-0.2, 0) is 9.59 Å². The van der Waals surface area contributed by atoms with Crippen molar-refractivity contribution in [2.45, 2.75) is 19.3 Å². The average Bonchev–Trinajstić information content (AvgIpc) is 1.63. The Labute approximate surface area is 65.4 Å². The molecule has 0 saturated heterocycles. The number of carbonyl (C=O) groups is 2. The first-order valence-electron chi connectivity index (χ1n) is 2.65. The molecule has 0 heterocycles. The van der Waals surface area contributed by atoms with Crippen LogP contribution in [0.5, 0.6) is 0 Å². The first-order valence-corrected chi connectivity index (χ1v) is 2.65. The molecule has 2 amide bonds. The Balaban J connectivity index is 0. The Morgan fingerprint density at radius 2 is 1.80 bits per heavy atom. The lowest BCUT2D eigenvalue weighted by Gasteiger charge is -1.89. The standard InChI is InChI=1S/C5H9N2O2.ClH/c6-4(8)2-1-3-5(7)9;/h6H,1-3H2,(H2,7,9);1H. The van der Waals surface area contributed by atoms with Crippen molar-refractivity contribution in [3.05, 3.63) is 0 Å². The lowest BCUT2D eigenvalue weighted by molar-refractivity contribution is -0.119. The minimum absolute atomic E-state index is 0. The molecule has 0 aliphatic carbocycles. The smallest absolute Gasteiger partial charge is 0.238 e. The quantitative estimate of drug-likeness (QED) is 0.630. The molecule has 0 aromatic carbocycles. The van der Waals surface area contributed by atoms with E-state index in [1.165, 1.54) is 0 Å². The van der Waals surface area contributed by atoms with Crippen LogP contribution < -0.4 is 11.5 Å². The largest absolute Gasteiger partial charge is 0.370 e. The number of halogens is 1. The SMILES string of the molecule is Cl.[NH]C(=O)CCCC(N)=O. The summed E-state index contributed by atoms with van der Waals surface area (Å²) >= 11 is 0. The molecule has 3 N–H and O–H groups in total. The van der Waals surface area contributed by atoms with E-state index in [1.807, 2.05) is 0 Å². The zero-order valence-electron chi connectivity index (χ0n) is 5.42. The number of carbonyl (C=O) groups excluding carboxylic acids is 2. The van der Waals surface area contributed by atoms with Crippen molar-refractivity contribution in [2.24, 2.45) is 5.73 Å². The molecule has 59 valence electrons. The van der Waals surface area contributed by atoms with E-state index in [1.54, 1.807) is 0 Å². The second-order valence-corrected chi connectivity index (χ2v) is 1.74. The van der Waals surface area contributed by atoms with Gasteiger partial charge in [-0.05, 0) is 6.42 Å². The molecule has 0 unspecified atom stereocenters. The second-order valence-electron chi connectivity index (χ2n) is 1.74. The molecule has 0 aliphatic heterocycles. The van der Waals surface area contributed by atoms with Gasteiger partial charge in [-0.2, -0.15) is 0 Å². The maximum absolute atomic E-state index is 10.0. The number of amides is 2. The number of hydrogen-bond acceptors (Lipinski definition) is 2. The third kappa shape index (κ3) is 10.3. The Morgan fingerprint density at radius 1 is 1.30 bits per heavy atom. The van der Waals surface area contributed by atoms with Gasteiger partial charge >= 0.3 is 0 Å². The lowest BCUT2D eigenvalue weighted by Crippen LogP contribution is -2.10. The summed E-state index contributed by atoms with van der Waals surface area (Å²) in [6.45, 7) is 0. The maximum atomic E-state index is 10.0. The molecule has 0 aliphatic rings. The molecule has 0 rings (SSSR count). The number of nitrogens with one attached hydrogen (secondary N) is 1. The van der Waals surface area contributed by atoms with E-state index >= 15 is 0 Å². The van der Waals surface area contributed by atoms with E-state index < -0.39 is 11.8 Å². The van der Waals surface area contributed by atoms with Gasteiger partial charge in [0.15, 0.2) is 0 Å². The zero-order valence-corrected chi connectivity index (χ0v) is 6.24. The Hall–Kier alpha value is -0.770. The van der Waals surface area contributed by atoms with Crippen LogP contribution in [0.3, 0.4) is 0 Å². The van der Waals surface area contributed by atoms with Crippen LogP contribution in [-0.4, -0.2) is 11.8 Å². The van der Waals surface area contributed by atoms with Crippen LogP contribution in [0, 0.1) is 0 Å². The zero-order chi connectivity index (χ0) is 7.28. The normalized spacial score (nSPS) is 8.00. The van der Waals surface area contributed by atoms with E-state index in [0.29, 0.717) is 6.42 Å². The molecular formula is C5H10ClN2O2. The highest BCUT2D eigenvalue weighted by Gasteiger charge is 1.97. The van der Waals surface area contributed by atoms with Crippen LogP contribution in [0.4, 0.5) is 0 Å². The van der Waals surface area contributed by atoms with Gasteiger partial charge in [0.2, 0.25) is 11.8 Å². The van der Waals surface area contributed by atoms with E-state index in [4.69, 9.17) is 11.5 Å². The molecule has 0 spiro atoms. The van der Waals surface area contributed by atoms with E-state index in [0.717, 1.165) is 0 Å². The van der Waals surface area contributed by atoms with E-state index in [2.05, 4.69) is 0 Å². The molecule has 0 saturated carbocycles. The van der Waals surface area contributed by atoms with Crippen molar-refractivity contribution in [3.63, 3.8) is 0 Å². The Bertz CT molecular complexity index is 113. The molecule has 0 fully saturated rings. The van der Waals surface area contributed by atoms with Crippen LogP contribution in [0.2, 0.25) is 0 Å². The molecule has 0 atom stereocenters. The molecule has 1 radical (unpaired) electrons. The number of hydrogen-bond donors (Lipinski definition) is 1. The topological polar surface area (TPSA) is 84.0 Å². The van der Waals surface area contributed by atoms with Crippen LogP contribution >= 0.6 is 12.4 Å². The van der Waals surface area contributed by atoms with Gasteiger partial charge in [0.05, 0.1) is 0 Å². The summed E-state index contributed by atoms with van der Waals surface area (Å²) in [6, 6.07) is 0. The average molecular weight is 166 g/mol. The highest BCUT2D eigenvalue weighted by atomic mass is 35.5. The monoisotopic (exact) mass is 165 g/mol. The highest BCUT2D eigenvalue weighted by molar-refractivity contribution is 5.85. The third-order valence-electron chi connectivity index (χ3n) is 0.827. The van der Waals surface area contributed by atoms with Crippen molar-refractivity contribution < 1.29 is 9.59 Å². The van der Waals surface area contributed by atoms with Gasteiger partial charge in [0.25, 0.3) is 0 Å². The minimum atomic E-state index is -0.642. The number of primary amides is 1. The van der Waals surface area contributed by atoms with Crippen molar-refractivity contribution in [3.8, 4) is 0 Å². The molecule has 0 aromatic heterocycles. The maximum Gasteiger partial charge on any atom is 0.238 e. The van der Waals surface area contributed by atoms with Gasteiger partial charge in [-0.3, -0.25) is 15.3 Å². The first-order chi connectivity index (χ1) is 4.13. The van der Waals surface area contributed by atoms with Crippen LogP contribution in [0.15, 0.2) is 0 Å². The fraction of sp³-hybridized carbons (Fsp3) is 0.600. The summed E-state index contributed by atoms with van der Waals surface area (Å²) < 4.78 is 0. The number of rotatable bonds is 4. The Morgan fingerprint density at radius 3 is 2.10 bits per heavy atom. The van der Waals surface area contributed by atoms with Crippen molar-refractivity contribution >= 4 is 24.2 Å². The van der Waals surface area contributed by atoms with Crippen LogP contribution in [0.1, 0.15) is 19.3 Å². The molecular weight excluding hydrogens is 156 g/mol. The van der Waals surface area contributed by atoms with Gasteiger partial charge in [0, 0.05) is 12.8 Å². The summed E-state index contributed by atoms with van der Waals surface area (Å²) in [7, 11) is 0. The highest BCUT2D eigenvalue weighted by Crippen LogP contribution is 1.92. The summed E-state index contributed by atoms with van der Waals surface area (Å²) in [5.74, 6) is -1.06. The number of nitrogens with two attached hydrogens (primary N) is 1. The van der Waals surface area contributed by atoms with Gasteiger partial charge in [-0.1, -0.05) is 0 Å². The molecule has 4 nitrogen and oxygen atoms in total. The molecule has 0 aromatic rings. The van der Waals surface area contributed by atoms with E-state index in [9.17, 15) is 9.59 Å². The Kier molecular flexibility index (Phi) is 7.60. The fourth-order valence-electron chi connectivity index (χ4n) is 0.423. The first kappa shape index (κ1) is 12.0. The van der Waals surface area contributed by atoms with Crippen LogP contribution in [0.25, 0.3) is 0 Å². The summed E-state index contributed by atoms with van der Waals surface area (Å²) in [6.07, 6.45) is 0.727. The third-order valence-corrected chi connectivity index (χ3v) is 0.827. The molecule has 10 heavy (non-hydrogen) atoms. The predicted octanol–water partition coefficient (Wildman–Crippen LogP) is -0.127. The van der Waals surface area contributed by atoms with Gasteiger partial charge in [-0.25, -0.2) is 0 Å². The fourth-order valence-corrected chi connectivity index (χ4v) is 0.423. The predicted molar refractivity (Wildman–Crippen MR) is 38.4 cm³/mol. The van der Waals surface area contributed by atoms with Crippen molar-refractivity contribution in [1.82, 2.24) is 5.73 Å².